The molecule has 1 aliphatic rings. The number of carbonyl (C=O) groups is 2. The molecule has 2 amide bonds. The predicted molar refractivity (Wildman–Crippen MR) is 105 cm³/mol. The molecule has 1 saturated heterocycles. The molecule has 1 aliphatic heterocycles. The van der Waals surface area contributed by atoms with Crippen LogP contribution in [0.25, 0.3) is 0 Å². The van der Waals surface area contributed by atoms with Crippen molar-refractivity contribution in [2.24, 2.45) is 11.7 Å². The SMILES string of the molecule is NC(C(=O)Nc1ccc(CC(=O)Nc2ccccc2F)cc1)C1CCOCC1. The van der Waals surface area contributed by atoms with E-state index in [1.807, 2.05) is 0 Å². The van der Waals surface area contributed by atoms with Crippen molar-refractivity contribution in [3.05, 3.63) is 59.9 Å². The van der Waals surface area contributed by atoms with E-state index < -0.39 is 11.9 Å². The molecule has 1 unspecified atom stereocenters. The van der Waals surface area contributed by atoms with Crippen LogP contribution in [0, 0.1) is 11.7 Å². The molecule has 4 N–H and O–H groups in total. The van der Waals surface area contributed by atoms with Gasteiger partial charge in [-0.1, -0.05) is 24.3 Å². The number of hydrogen-bond donors (Lipinski definition) is 3. The van der Waals surface area contributed by atoms with Gasteiger partial charge >= 0.3 is 0 Å². The average molecular weight is 385 g/mol. The minimum Gasteiger partial charge on any atom is -0.381 e. The van der Waals surface area contributed by atoms with E-state index in [0.717, 1.165) is 18.4 Å². The lowest BCUT2D eigenvalue weighted by atomic mass is 9.92. The predicted octanol–water partition coefficient (Wildman–Crippen LogP) is 2.70. The summed E-state index contributed by atoms with van der Waals surface area (Å²) >= 11 is 0. The Morgan fingerprint density at radius 3 is 2.43 bits per heavy atom. The summed E-state index contributed by atoms with van der Waals surface area (Å²) in [5.74, 6) is -0.898. The Labute approximate surface area is 163 Å². The van der Waals surface area contributed by atoms with Crippen molar-refractivity contribution in [3.8, 4) is 0 Å². The van der Waals surface area contributed by atoms with E-state index in [1.54, 1.807) is 36.4 Å². The van der Waals surface area contributed by atoms with Gasteiger partial charge in [-0.05, 0) is 48.6 Å². The Kier molecular flexibility index (Phi) is 6.73. The molecule has 0 aromatic heterocycles. The maximum Gasteiger partial charge on any atom is 0.241 e. The van der Waals surface area contributed by atoms with Gasteiger partial charge in [0.25, 0.3) is 0 Å². The van der Waals surface area contributed by atoms with Crippen molar-refractivity contribution in [1.82, 2.24) is 0 Å². The number of nitrogens with one attached hydrogen (secondary N) is 2. The lowest BCUT2D eigenvalue weighted by Gasteiger charge is -2.26. The fraction of sp³-hybridized carbons (Fsp3) is 0.333. The first kappa shape index (κ1) is 20.0. The monoisotopic (exact) mass is 385 g/mol. The van der Waals surface area contributed by atoms with E-state index in [4.69, 9.17) is 10.5 Å². The summed E-state index contributed by atoms with van der Waals surface area (Å²) in [4.78, 5) is 24.4. The molecule has 1 fully saturated rings. The molecule has 0 aliphatic carbocycles. The number of amides is 2. The lowest BCUT2D eigenvalue weighted by Crippen LogP contribution is -2.43. The Balaban J connectivity index is 1.52. The molecule has 148 valence electrons. The normalized spacial score (nSPS) is 15.6. The van der Waals surface area contributed by atoms with Crippen molar-refractivity contribution >= 4 is 23.2 Å². The van der Waals surface area contributed by atoms with Crippen LogP contribution in [-0.2, 0) is 20.7 Å². The number of ether oxygens (including phenoxy) is 1. The molecule has 0 saturated carbocycles. The number of hydrogen-bond acceptors (Lipinski definition) is 4. The summed E-state index contributed by atoms with van der Waals surface area (Å²) in [6.07, 6.45) is 1.67. The molecule has 1 atom stereocenters. The molecule has 7 heteroatoms. The third-order valence-electron chi connectivity index (χ3n) is 4.81. The highest BCUT2D eigenvalue weighted by Crippen LogP contribution is 2.19. The van der Waals surface area contributed by atoms with Gasteiger partial charge in [-0.25, -0.2) is 4.39 Å². The fourth-order valence-electron chi connectivity index (χ4n) is 3.16. The summed E-state index contributed by atoms with van der Waals surface area (Å²) in [6, 6.07) is 12.4. The zero-order valence-electron chi connectivity index (χ0n) is 15.5. The van der Waals surface area contributed by atoms with Gasteiger partial charge < -0.3 is 21.1 Å². The van der Waals surface area contributed by atoms with Crippen LogP contribution < -0.4 is 16.4 Å². The summed E-state index contributed by atoms with van der Waals surface area (Å²) in [5.41, 5.74) is 7.59. The number of halogens is 1. The maximum atomic E-state index is 13.6. The molecule has 0 bridgehead atoms. The fourth-order valence-corrected chi connectivity index (χ4v) is 3.16. The zero-order valence-corrected chi connectivity index (χ0v) is 15.5. The van der Waals surface area contributed by atoms with Crippen LogP contribution in [0.15, 0.2) is 48.5 Å². The van der Waals surface area contributed by atoms with Crippen molar-refractivity contribution in [2.45, 2.75) is 25.3 Å². The van der Waals surface area contributed by atoms with Gasteiger partial charge in [-0.15, -0.1) is 0 Å². The molecule has 2 aromatic carbocycles. The Hall–Kier alpha value is -2.77. The van der Waals surface area contributed by atoms with Crippen LogP contribution >= 0.6 is 0 Å². The Morgan fingerprint density at radius 2 is 1.75 bits per heavy atom. The summed E-state index contributed by atoms with van der Waals surface area (Å²) in [6.45, 7) is 1.27. The van der Waals surface area contributed by atoms with Gasteiger partial charge in [-0.2, -0.15) is 0 Å². The highest BCUT2D eigenvalue weighted by atomic mass is 19.1. The number of rotatable bonds is 6. The zero-order chi connectivity index (χ0) is 19.9. The summed E-state index contributed by atoms with van der Waals surface area (Å²) < 4.78 is 18.9. The molecule has 0 radical (unpaired) electrons. The molecule has 28 heavy (non-hydrogen) atoms. The second-order valence-corrected chi connectivity index (χ2v) is 6.87. The van der Waals surface area contributed by atoms with Gasteiger partial charge in [0, 0.05) is 18.9 Å². The van der Waals surface area contributed by atoms with Gasteiger partial charge in [0.15, 0.2) is 0 Å². The molecule has 0 spiro atoms. The van der Waals surface area contributed by atoms with Gasteiger partial charge in [0.05, 0.1) is 18.2 Å². The van der Waals surface area contributed by atoms with Crippen molar-refractivity contribution in [3.63, 3.8) is 0 Å². The van der Waals surface area contributed by atoms with Crippen LogP contribution in [0.3, 0.4) is 0 Å². The third-order valence-corrected chi connectivity index (χ3v) is 4.81. The highest BCUT2D eigenvalue weighted by molar-refractivity contribution is 5.95. The molecular weight excluding hydrogens is 361 g/mol. The van der Waals surface area contributed by atoms with Crippen molar-refractivity contribution < 1.29 is 18.7 Å². The first-order valence-corrected chi connectivity index (χ1v) is 9.30. The minimum atomic E-state index is -0.574. The number of carbonyl (C=O) groups excluding carboxylic acids is 2. The molecule has 2 aromatic rings. The van der Waals surface area contributed by atoms with Gasteiger partial charge in [0.1, 0.15) is 5.82 Å². The minimum absolute atomic E-state index is 0.101. The molecular formula is C21H24FN3O3. The Morgan fingerprint density at radius 1 is 1.07 bits per heavy atom. The van der Waals surface area contributed by atoms with E-state index in [1.165, 1.54) is 12.1 Å². The second kappa shape index (κ2) is 9.43. The second-order valence-electron chi connectivity index (χ2n) is 6.87. The number of benzene rings is 2. The van der Waals surface area contributed by atoms with E-state index in [0.29, 0.717) is 18.9 Å². The highest BCUT2D eigenvalue weighted by Gasteiger charge is 2.26. The molecule has 3 rings (SSSR count). The van der Waals surface area contributed by atoms with Crippen LogP contribution in [0.1, 0.15) is 18.4 Å². The summed E-state index contributed by atoms with van der Waals surface area (Å²) in [7, 11) is 0. The molecule has 1 heterocycles. The third kappa shape index (κ3) is 5.37. The number of nitrogens with two attached hydrogens (primary N) is 1. The van der Waals surface area contributed by atoms with Gasteiger partial charge in [0.2, 0.25) is 11.8 Å². The van der Waals surface area contributed by atoms with Crippen LogP contribution in [-0.4, -0.2) is 31.1 Å². The smallest absolute Gasteiger partial charge is 0.241 e. The number of anilines is 2. The van der Waals surface area contributed by atoms with Crippen molar-refractivity contribution in [1.29, 1.82) is 0 Å². The first-order valence-electron chi connectivity index (χ1n) is 9.30. The van der Waals surface area contributed by atoms with Crippen LogP contribution in [0.2, 0.25) is 0 Å². The topological polar surface area (TPSA) is 93.5 Å². The first-order chi connectivity index (χ1) is 13.5. The molecule has 6 nitrogen and oxygen atoms in total. The Bertz CT molecular complexity index is 820. The van der Waals surface area contributed by atoms with E-state index in [-0.39, 0.29) is 29.8 Å². The van der Waals surface area contributed by atoms with E-state index in [2.05, 4.69) is 10.6 Å². The van der Waals surface area contributed by atoms with Gasteiger partial charge in [-0.3, -0.25) is 9.59 Å². The quantitative estimate of drug-likeness (QED) is 0.713. The number of para-hydroxylation sites is 1. The van der Waals surface area contributed by atoms with E-state index in [9.17, 15) is 14.0 Å². The largest absolute Gasteiger partial charge is 0.381 e. The van der Waals surface area contributed by atoms with Crippen LogP contribution in [0.5, 0.6) is 0 Å². The van der Waals surface area contributed by atoms with Crippen molar-refractivity contribution in [2.75, 3.05) is 23.8 Å². The standard InChI is InChI=1S/C21H24FN3O3/c22-17-3-1-2-4-18(17)25-19(26)13-14-5-7-16(8-6-14)24-21(27)20(23)15-9-11-28-12-10-15/h1-8,15,20H,9-13,23H2,(H,24,27)(H,25,26). The lowest BCUT2D eigenvalue weighted by molar-refractivity contribution is -0.119. The van der Waals surface area contributed by atoms with E-state index >= 15 is 0 Å². The average Bonchev–Trinajstić information content (AvgIpc) is 2.71. The van der Waals surface area contributed by atoms with Crippen LogP contribution in [0.4, 0.5) is 15.8 Å². The maximum absolute atomic E-state index is 13.6. The summed E-state index contributed by atoms with van der Waals surface area (Å²) in [5, 5.41) is 5.36.